The molecule has 0 atom stereocenters. The van der Waals surface area contributed by atoms with Crippen LogP contribution < -0.4 is 0 Å². The van der Waals surface area contributed by atoms with E-state index in [9.17, 15) is 0 Å². The first-order chi connectivity index (χ1) is 6.25. The van der Waals surface area contributed by atoms with Crippen LogP contribution >= 0.6 is 0 Å². The van der Waals surface area contributed by atoms with Gasteiger partial charge in [0, 0.05) is 19.0 Å². The lowest BCUT2D eigenvalue weighted by molar-refractivity contribution is 0.137. The Hall–Kier alpha value is -0.770. The molecule has 1 heterocycles. The van der Waals surface area contributed by atoms with Gasteiger partial charge in [-0.05, 0) is 13.8 Å². The molecule has 4 nitrogen and oxygen atoms in total. The zero-order chi connectivity index (χ0) is 9.68. The van der Waals surface area contributed by atoms with Crippen LogP contribution in [0.1, 0.15) is 20.3 Å². The number of oxime groups is 1. The molecule has 1 saturated heterocycles. The Labute approximate surface area is 79.5 Å². The van der Waals surface area contributed by atoms with E-state index in [0.717, 1.165) is 32.0 Å². The second-order valence-corrected chi connectivity index (χ2v) is 3.34. The average Bonchev–Trinajstić information content (AvgIpc) is 2.30. The van der Waals surface area contributed by atoms with Gasteiger partial charge in [-0.1, -0.05) is 5.16 Å². The molecule has 0 unspecified atom stereocenters. The van der Waals surface area contributed by atoms with Crippen molar-refractivity contribution in [3.05, 3.63) is 0 Å². The highest BCUT2D eigenvalue weighted by molar-refractivity contribution is 5.82. The minimum atomic E-state index is 0.454. The molecule has 0 radical (unpaired) electrons. The van der Waals surface area contributed by atoms with Gasteiger partial charge < -0.3 is 14.5 Å². The molecular weight excluding hydrogens is 168 g/mol. The largest absolute Gasteiger partial charge is 0.398 e. The zero-order valence-corrected chi connectivity index (χ0v) is 8.62. The smallest absolute Gasteiger partial charge is 0.147 e. The highest BCUT2D eigenvalue weighted by Crippen LogP contribution is 2.07. The third-order valence-electron chi connectivity index (χ3n) is 2.10. The van der Waals surface area contributed by atoms with Crippen molar-refractivity contribution in [2.45, 2.75) is 26.3 Å². The molecule has 13 heavy (non-hydrogen) atoms. The van der Waals surface area contributed by atoms with E-state index in [0.29, 0.717) is 6.04 Å². The molecule has 1 aliphatic heterocycles. The van der Waals surface area contributed by atoms with Gasteiger partial charge in [-0.3, -0.25) is 0 Å². The van der Waals surface area contributed by atoms with E-state index in [2.05, 4.69) is 23.9 Å². The summed E-state index contributed by atoms with van der Waals surface area (Å²) in [7, 11) is 1.58. The van der Waals surface area contributed by atoms with Crippen LogP contribution in [0.25, 0.3) is 0 Å². The maximum Gasteiger partial charge on any atom is 0.147 e. The normalized spacial score (nSPS) is 22.2. The molecule has 0 bridgehead atoms. The van der Waals surface area contributed by atoms with Crippen molar-refractivity contribution in [2.24, 2.45) is 5.16 Å². The van der Waals surface area contributed by atoms with Crippen molar-refractivity contribution in [2.75, 3.05) is 26.9 Å². The van der Waals surface area contributed by atoms with Gasteiger partial charge >= 0.3 is 0 Å². The summed E-state index contributed by atoms with van der Waals surface area (Å²) >= 11 is 0. The van der Waals surface area contributed by atoms with Gasteiger partial charge in [-0.15, -0.1) is 0 Å². The Kier molecular flexibility index (Phi) is 4.02. The monoisotopic (exact) mass is 186 g/mol. The van der Waals surface area contributed by atoms with Gasteiger partial charge in [0.25, 0.3) is 0 Å². The van der Waals surface area contributed by atoms with Crippen molar-refractivity contribution >= 4 is 5.84 Å². The van der Waals surface area contributed by atoms with Gasteiger partial charge in [0.1, 0.15) is 12.9 Å². The topological polar surface area (TPSA) is 34.1 Å². The molecule has 0 N–H and O–H groups in total. The first-order valence-corrected chi connectivity index (χ1v) is 4.70. The highest BCUT2D eigenvalue weighted by Gasteiger charge is 2.18. The molecule has 0 spiro atoms. The molecule has 0 saturated carbocycles. The molecule has 0 aromatic heterocycles. The number of ether oxygens (including phenoxy) is 1. The van der Waals surface area contributed by atoms with Crippen LogP contribution in [0.4, 0.5) is 0 Å². The molecule has 0 aromatic carbocycles. The van der Waals surface area contributed by atoms with Crippen LogP contribution in [0.2, 0.25) is 0 Å². The Morgan fingerprint density at radius 2 is 2.23 bits per heavy atom. The fraction of sp³-hybridized carbons (Fsp3) is 0.889. The van der Waals surface area contributed by atoms with Gasteiger partial charge in [0.05, 0.1) is 13.2 Å². The summed E-state index contributed by atoms with van der Waals surface area (Å²) in [6, 6.07) is 0.454. The van der Waals surface area contributed by atoms with Gasteiger partial charge in [-0.25, -0.2) is 0 Å². The van der Waals surface area contributed by atoms with Crippen LogP contribution in [0, 0.1) is 0 Å². The predicted molar refractivity (Wildman–Crippen MR) is 51.7 cm³/mol. The molecule has 1 rings (SSSR count). The Balaban J connectivity index is 2.67. The third-order valence-corrected chi connectivity index (χ3v) is 2.10. The number of hydrogen-bond donors (Lipinski definition) is 0. The first-order valence-electron chi connectivity index (χ1n) is 4.70. The van der Waals surface area contributed by atoms with Crippen LogP contribution in [-0.4, -0.2) is 43.6 Å². The van der Waals surface area contributed by atoms with Gasteiger partial charge in [0.15, 0.2) is 0 Å². The van der Waals surface area contributed by atoms with E-state index in [1.54, 1.807) is 7.11 Å². The van der Waals surface area contributed by atoms with E-state index < -0.39 is 0 Å². The Bertz CT molecular complexity index is 180. The number of rotatable bonds is 2. The molecule has 0 amide bonds. The van der Waals surface area contributed by atoms with Crippen molar-refractivity contribution in [3.8, 4) is 0 Å². The van der Waals surface area contributed by atoms with Gasteiger partial charge in [0.2, 0.25) is 0 Å². The van der Waals surface area contributed by atoms with Crippen molar-refractivity contribution < 1.29 is 9.57 Å². The number of amidine groups is 1. The molecule has 76 valence electrons. The van der Waals surface area contributed by atoms with Crippen molar-refractivity contribution in [1.29, 1.82) is 0 Å². The maximum absolute atomic E-state index is 5.37. The molecule has 0 aliphatic carbocycles. The standard InChI is InChI=1S/C9H18N2O2/c1-8(2)11-5-7-13-6-4-9(11)10-12-3/h8H,4-7H2,1-3H3/b10-9+. The molecule has 1 aliphatic rings. The third kappa shape index (κ3) is 2.88. The summed E-state index contributed by atoms with van der Waals surface area (Å²) in [5, 5.41) is 4.01. The molecular formula is C9H18N2O2. The second kappa shape index (κ2) is 5.07. The summed E-state index contributed by atoms with van der Waals surface area (Å²) in [6.45, 7) is 6.72. The summed E-state index contributed by atoms with van der Waals surface area (Å²) in [4.78, 5) is 7.03. The van der Waals surface area contributed by atoms with Crippen molar-refractivity contribution in [3.63, 3.8) is 0 Å². The zero-order valence-electron chi connectivity index (χ0n) is 8.62. The highest BCUT2D eigenvalue weighted by atomic mass is 16.6. The molecule has 0 aromatic rings. The summed E-state index contributed by atoms with van der Waals surface area (Å²) in [6.07, 6.45) is 0.839. The maximum atomic E-state index is 5.37. The minimum absolute atomic E-state index is 0.454. The molecule has 4 heteroatoms. The lowest BCUT2D eigenvalue weighted by Gasteiger charge is -2.26. The average molecular weight is 186 g/mol. The lowest BCUT2D eigenvalue weighted by Crippen LogP contribution is -2.37. The minimum Gasteiger partial charge on any atom is -0.398 e. The van der Waals surface area contributed by atoms with E-state index in [1.165, 1.54) is 0 Å². The van der Waals surface area contributed by atoms with Crippen LogP contribution in [0.5, 0.6) is 0 Å². The Morgan fingerprint density at radius 3 is 2.85 bits per heavy atom. The van der Waals surface area contributed by atoms with Gasteiger partial charge in [-0.2, -0.15) is 0 Å². The number of hydrogen-bond acceptors (Lipinski definition) is 3. The summed E-state index contributed by atoms with van der Waals surface area (Å²) in [5.41, 5.74) is 0. The number of nitrogens with zero attached hydrogens (tertiary/aromatic N) is 2. The van der Waals surface area contributed by atoms with Crippen molar-refractivity contribution in [1.82, 2.24) is 4.90 Å². The Morgan fingerprint density at radius 1 is 1.46 bits per heavy atom. The summed E-state index contributed by atoms with van der Waals surface area (Å²) < 4.78 is 5.37. The van der Waals surface area contributed by atoms with E-state index in [1.807, 2.05) is 0 Å². The first kappa shape index (κ1) is 10.3. The van der Waals surface area contributed by atoms with Crippen LogP contribution in [-0.2, 0) is 9.57 Å². The molecule has 1 fully saturated rings. The second-order valence-electron chi connectivity index (χ2n) is 3.34. The SMILES string of the molecule is CO/N=C1\CCOCCN1C(C)C. The van der Waals surface area contributed by atoms with E-state index in [4.69, 9.17) is 9.57 Å². The summed E-state index contributed by atoms with van der Waals surface area (Å²) in [5.74, 6) is 0.995. The fourth-order valence-corrected chi connectivity index (χ4v) is 1.46. The van der Waals surface area contributed by atoms with E-state index >= 15 is 0 Å². The lowest BCUT2D eigenvalue weighted by atomic mass is 10.3. The quantitative estimate of drug-likeness (QED) is 0.605. The van der Waals surface area contributed by atoms with Crippen LogP contribution in [0.15, 0.2) is 5.16 Å². The van der Waals surface area contributed by atoms with E-state index in [-0.39, 0.29) is 0 Å². The van der Waals surface area contributed by atoms with Crippen LogP contribution in [0.3, 0.4) is 0 Å². The predicted octanol–water partition coefficient (Wildman–Crippen LogP) is 1.08. The fourth-order valence-electron chi connectivity index (χ4n) is 1.46.